The standard InChI is InChI=1S/C15H17NO4/c17-14(18)13-6-12(13)11-7-16(8-11)15(19)20-9-10-4-2-1-3-5-10/h1-5,11-13H,6-9H2,(H,17,18)/t12-,13+/m0/s1. The van der Waals surface area contributed by atoms with Crippen molar-refractivity contribution in [2.75, 3.05) is 13.1 Å². The number of amides is 1. The highest BCUT2D eigenvalue weighted by Gasteiger charge is 2.52. The highest BCUT2D eigenvalue weighted by Crippen LogP contribution is 2.47. The Kier molecular flexibility index (Phi) is 3.34. The Bertz CT molecular complexity index is 510. The lowest BCUT2D eigenvalue weighted by Crippen LogP contribution is -2.51. The van der Waals surface area contributed by atoms with Crippen LogP contribution >= 0.6 is 0 Å². The molecule has 1 heterocycles. The van der Waals surface area contributed by atoms with Gasteiger partial charge in [-0.05, 0) is 23.8 Å². The van der Waals surface area contributed by atoms with E-state index in [0.29, 0.717) is 19.0 Å². The predicted octanol–water partition coefficient (Wildman–Crippen LogP) is 1.98. The topological polar surface area (TPSA) is 66.8 Å². The lowest BCUT2D eigenvalue weighted by Gasteiger charge is -2.38. The van der Waals surface area contributed by atoms with Crippen LogP contribution in [0.5, 0.6) is 0 Å². The van der Waals surface area contributed by atoms with E-state index in [2.05, 4.69) is 0 Å². The molecule has 2 atom stereocenters. The Morgan fingerprint density at radius 3 is 2.55 bits per heavy atom. The van der Waals surface area contributed by atoms with Gasteiger partial charge >= 0.3 is 12.1 Å². The number of likely N-dealkylation sites (tertiary alicyclic amines) is 1. The fourth-order valence-corrected chi connectivity index (χ4v) is 2.76. The van der Waals surface area contributed by atoms with Gasteiger partial charge in [-0.25, -0.2) is 4.79 Å². The molecule has 1 saturated heterocycles. The fraction of sp³-hybridized carbons (Fsp3) is 0.467. The summed E-state index contributed by atoms with van der Waals surface area (Å²) in [4.78, 5) is 24.2. The van der Waals surface area contributed by atoms with E-state index in [-0.39, 0.29) is 24.5 Å². The summed E-state index contributed by atoms with van der Waals surface area (Å²) in [5.74, 6) is -0.311. The van der Waals surface area contributed by atoms with Crippen LogP contribution in [0.25, 0.3) is 0 Å². The van der Waals surface area contributed by atoms with Gasteiger partial charge in [0.25, 0.3) is 0 Å². The summed E-state index contributed by atoms with van der Waals surface area (Å²) in [6.45, 7) is 1.53. The zero-order valence-corrected chi connectivity index (χ0v) is 11.1. The second kappa shape index (κ2) is 5.15. The molecule has 1 N–H and O–H groups in total. The van der Waals surface area contributed by atoms with Gasteiger partial charge in [-0.1, -0.05) is 30.3 Å². The van der Waals surface area contributed by atoms with E-state index in [1.54, 1.807) is 4.90 Å². The van der Waals surface area contributed by atoms with Crippen molar-refractivity contribution in [3.05, 3.63) is 35.9 Å². The van der Waals surface area contributed by atoms with E-state index in [9.17, 15) is 9.59 Å². The van der Waals surface area contributed by atoms with Crippen LogP contribution in [0.2, 0.25) is 0 Å². The Balaban J connectivity index is 1.39. The highest BCUT2D eigenvalue weighted by molar-refractivity contribution is 5.74. The van der Waals surface area contributed by atoms with E-state index < -0.39 is 5.97 Å². The van der Waals surface area contributed by atoms with Gasteiger partial charge in [0.15, 0.2) is 0 Å². The van der Waals surface area contributed by atoms with Crippen molar-refractivity contribution in [3.8, 4) is 0 Å². The van der Waals surface area contributed by atoms with E-state index in [4.69, 9.17) is 9.84 Å². The van der Waals surface area contributed by atoms with Crippen LogP contribution in [-0.4, -0.2) is 35.2 Å². The van der Waals surface area contributed by atoms with E-state index >= 15 is 0 Å². The van der Waals surface area contributed by atoms with Gasteiger partial charge < -0.3 is 14.7 Å². The molecule has 106 valence electrons. The molecule has 3 rings (SSSR count). The van der Waals surface area contributed by atoms with E-state index in [1.165, 1.54) is 0 Å². The summed E-state index contributed by atoms with van der Waals surface area (Å²) < 4.78 is 5.23. The van der Waals surface area contributed by atoms with Crippen molar-refractivity contribution in [2.24, 2.45) is 17.8 Å². The monoisotopic (exact) mass is 275 g/mol. The fourth-order valence-electron chi connectivity index (χ4n) is 2.76. The number of benzene rings is 1. The minimum atomic E-state index is -0.708. The number of carboxylic acids is 1. The summed E-state index contributed by atoms with van der Waals surface area (Å²) in [7, 11) is 0. The molecule has 2 aliphatic rings. The third-order valence-corrected chi connectivity index (χ3v) is 4.14. The van der Waals surface area contributed by atoms with Crippen LogP contribution in [0.15, 0.2) is 30.3 Å². The number of rotatable bonds is 4. The predicted molar refractivity (Wildman–Crippen MR) is 70.9 cm³/mol. The van der Waals surface area contributed by atoms with Crippen molar-refractivity contribution in [2.45, 2.75) is 13.0 Å². The molecule has 2 fully saturated rings. The molecule has 0 aromatic heterocycles. The number of nitrogens with zero attached hydrogens (tertiary/aromatic N) is 1. The van der Waals surface area contributed by atoms with Crippen LogP contribution in [-0.2, 0) is 16.1 Å². The van der Waals surface area contributed by atoms with Crippen molar-refractivity contribution in [3.63, 3.8) is 0 Å². The summed E-state index contributed by atoms with van der Waals surface area (Å²) in [6, 6.07) is 9.55. The molecule has 1 aromatic carbocycles. The van der Waals surface area contributed by atoms with Crippen molar-refractivity contribution in [1.82, 2.24) is 4.90 Å². The molecule has 0 spiro atoms. The number of hydrogen-bond donors (Lipinski definition) is 1. The lowest BCUT2D eigenvalue weighted by atomic mass is 9.94. The zero-order chi connectivity index (χ0) is 14.1. The smallest absolute Gasteiger partial charge is 0.410 e. The van der Waals surface area contributed by atoms with Gasteiger partial charge in [0, 0.05) is 13.1 Å². The third-order valence-electron chi connectivity index (χ3n) is 4.14. The van der Waals surface area contributed by atoms with Gasteiger partial charge in [0.05, 0.1) is 5.92 Å². The maximum atomic E-state index is 11.8. The van der Waals surface area contributed by atoms with Gasteiger partial charge in [0.1, 0.15) is 6.61 Å². The minimum Gasteiger partial charge on any atom is -0.481 e. The van der Waals surface area contributed by atoms with Crippen molar-refractivity contribution >= 4 is 12.1 Å². The van der Waals surface area contributed by atoms with Gasteiger partial charge in [-0.2, -0.15) is 0 Å². The molecular weight excluding hydrogens is 258 g/mol. The highest BCUT2D eigenvalue weighted by atomic mass is 16.6. The molecule has 1 aliphatic heterocycles. The lowest BCUT2D eigenvalue weighted by molar-refractivity contribution is -0.139. The minimum absolute atomic E-state index is 0.192. The summed E-state index contributed by atoms with van der Waals surface area (Å²) in [6.07, 6.45) is 0.449. The largest absolute Gasteiger partial charge is 0.481 e. The molecule has 0 radical (unpaired) electrons. The molecule has 5 heteroatoms. The molecule has 0 bridgehead atoms. The van der Waals surface area contributed by atoms with E-state index in [1.807, 2.05) is 30.3 Å². The summed E-state index contributed by atoms with van der Waals surface area (Å²) in [5, 5.41) is 8.87. The van der Waals surface area contributed by atoms with Crippen LogP contribution in [0.3, 0.4) is 0 Å². The second-order valence-electron chi connectivity index (χ2n) is 5.55. The average Bonchev–Trinajstić information content (AvgIpc) is 3.16. The van der Waals surface area contributed by atoms with Gasteiger partial charge in [-0.15, -0.1) is 0 Å². The molecule has 0 unspecified atom stereocenters. The first-order chi connectivity index (χ1) is 9.65. The number of carbonyl (C=O) groups is 2. The first-order valence-corrected chi connectivity index (χ1v) is 6.83. The Labute approximate surface area is 117 Å². The third kappa shape index (κ3) is 2.61. The zero-order valence-electron chi connectivity index (χ0n) is 11.1. The number of carbonyl (C=O) groups excluding carboxylic acids is 1. The van der Waals surface area contributed by atoms with Crippen LogP contribution in [0, 0.1) is 17.8 Å². The van der Waals surface area contributed by atoms with Crippen LogP contribution < -0.4 is 0 Å². The SMILES string of the molecule is O=C(O)[C@@H]1C[C@H]1C1CN(C(=O)OCc2ccccc2)C1. The Morgan fingerprint density at radius 2 is 1.95 bits per heavy atom. The summed E-state index contributed by atoms with van der Waals surface area (Å²) >= 11 is 0. The van der Waals surface area contributed by atoms with E-state index in [0.717, 1.165) is 12.0 Å². The van der Waals surface area contributed by atoms with Crippen molar-refractivity contribution in [1.29, 1.82) is 0 Å². The molecule has 1 saturated carbocycles. The van der Waals surface area contributed by atoms with Crippen LogP contribution in [0.4, 0.5) is 4.79 Å². The second-order valence-corrected chi connectivity index (χ2v) is 5.55. The van der Waals surface area contributed by atoms with Gasteiger partial charge in [-0.3, -0.25) is 4.79 Å². The molecule has 1 aliphatic carbocycles. The normalized spacial score (nSPS) is 24.9. The number of aliphatic carboxylic acids is 1. The summed E-state index contributed by atoms with van der Waals surface area (Å²) in [5.41, 5.74) is 0.964. The maximum Gasteiger partial charge on any atom is 0.410 e. The number of hydrogen-bond acceptors (Lipinski definition) is 3. The first-order valence-electron chi connectivity index (χ1n) is 6.83. The number of carboxylic acid groups (broad SMARTS) is 1. The molecule has 20 heavy (non-hydrogen) atoms. The number of ether oxygens (including phenoxy) is 1. The quantitative estimate of drug-likeness (QED) is 0.912. The Hall–Kier alpha value is -2.04. The molecule has 1 aromatic rings. The van der Waals surface area contributed by atoms with Gasteiger partial charge in [0.2, 0.25) is 0 Å². The van der Waals surface area contributed by atoms with Crippen molar-refractivity contribution < 1.29 is 19.4 Å². The molecule has 5 nitrogen and oxygen atoms in total. The Morgan fingerprint density at radius 1 is 1.25 bits per heavy atom. The molecule has 1 amide bonds. The van der Waals surface area contributed by atoms with Crippen LogP contribution in [0.1, 0.15) is 12.0 Å². The first kappa shape index (κ1) is 13.0. The average molecular weight is 275 g/mol. The molecular formula is C15H17NO4. The maximum absolute atomic E-state index is 11.8.